The molecule has 0 aliphatic carbocycles. The van der Waals surface area contributed by atoms with Crippen LogP contribution >= 0.6 is 0 Å². The first-order valence-electron chi connectivity index (χ1n) is 6.83. The minimum Gasteiger partial charge on any atom is -0.326 e. The third-order valence-corrected chi connectivity index (χ3v) is 3.51. The number of nitrogens with zero attached hydrogens (tertiary/aromatic N) is 3. The van der Waals surface area contributed by atoms with Gasteiger partial charge in [-0.15, -0.1) is 5.10 Å². The average molecular weight is 272 g/mol. The molecule has 0 aliphatic heterocycles. The Labute approximate surface area is 119 Å². The van der Waals surface area contributed by atoms with Crippen molar-refractivity contribution in [3.8, 4) is 0 Å². The van der Waals surface area contributed by atoms with E-state index in [4.69, 9.17) is 0 Å². The van der Waals surface area contributed by atoms with Crippen molar-refractivity contribution >= 4 is 11.6 Å². The molecule has 0 fully saturated rings. The van der Waals surface area contributed by atoms with Crippen molar-refractivity contribution in [3.63, 3.8) is 0 Å². The van der Waals surface area contributed by atoms with Crippen molar-refractivity contribution in [2.45, 2.75) is 32.6 Å². The Morgan fingerprint density at radius 1 is 1.35 bits per heavy atom. The molecule has 0 bridgehead atoms. The Balaban J connectivity index is 2.03. The molecule has 1 amide bonds. The molecule has 106 valence electrons. The Hall–Kier alpha value is -2.17. The smallest absolute Gasteiger partial charge is 0.225 e. The summed E-state index contributed by atoms with van der Waals surface area (Å²) in [6, 6.07) is 9.49. The van der Waals surface area contributed by atoms with Crippen molar-refractivity contribution in [2.75, 3.05) is 5.32 Å². The van der Waals surface area contributed by atoms with Gasteiger partial charge in [0.15, 0.2) is 0 Å². The molecule has 0 spiro atoms. The van der Waals surface area contributed by atoms with Gasteiger partial charge in [0, 0.05) is 25.1 Å². The topological polar surface area (TPSA) is 59.8 Å². The van der Waals surface area contributed by atoms with Gasteiger partial charge in [0.2, 0.25) is 5.91 Å². The third kappa shape index (κ3) is 3.23. The maximum absolute atomic E-state index is 12.1. The van der Waals surface area contributed by atoms with Gasteiger partial charge < -0.3 is 5.32 Å². The summed E-state index contributed by atoms with van der Waals surface area (Å²) in [5, 5.41) is 11.1. The molecule has 1 atom stereocenters. The van der Waals surface area contributed by atoms with E-state index in [1.54, 1.807) is 4.68 Å². The number of anilines is 1. The first-order valence-corrected chi connectivity index (χ1v) is 6.83. The second-order valence-corrected chi connectivity index (χ2v) is 4.91. The van der Waals surface area contributed by atoms with E-state index in [0.29, 0.717) is 6.42 Å². The maximum atomic E-state index is 12.1. The Morgan fingerprint density at radius 3 is 2.60 bits per heavy atom. The van der Waals surface area contributed by atoms with Crippen LogP contribution in [0, 0.1) is 6.92 Å². The fraction of sp³-hybridized carbons (Fsp3) is 0.400. The van der Waals surface area contributed by atoms with Crippen molar-refractivity contribution < 1.29 is 4.79 Å². The van der Waals surface area contributed by atoms with E-state index in [0.717, 1.165) is 23.5 Å². The summed E-state index contributed by atoms with van der Waals surface area (Å²) in [6.45, 7) is 4.04. The summed E-state index contributed by atoms with van der Waals surface area (Å²) in [5.41, 5.74) is 2.76. The van der Waals surface area contributed by atoms with Crippen molar-refractivity contribution in [1.29, 1.82) is 0 Å². The van der Waals surface area contributed by atoms with Crippen molar-refractivity contribution in [1.82, 2.24) is 15.0 Å². The third-order valence-electron chi connectivity index (χ3n) is 3.51. The van der Waals surface area contributed by atoms with Gasteiger partial charge in [-0.25, -0.2) is 0 Å². The lowest BCUT2D eigenvalue weighted by Gasteiger charge is -2.13. The van der Waals surface area contributed by atoms with E-state index in [1.807, 2.05) is 44.3 Å². The highest BCUT2D eigenvalue weighted by atomic mass is 16.1. The number of carbonyl (C=O) groups excluding carboxylic acids is 1. The molecule has 0 saturated carbocycles. The quantitative estimate of drug-likeness (QED) is 0.910. The summed E-state index contributed by atoms with van der Waals surface area (Å²) in [5.74, 6) is 0.112. The predicted molar refractivity (Wildman–Crippen MR) is 78.5 cm³/mol. The molecule has 5 heteroatoms. The van der Waals surface area contributed by atoms with Gasteiger partial charge in [-0.1, -0.05) is 30.3 Å². The summed E-state index contributed by atoms with van der Waals surface area (Å²) in [7, 11) is 1.86. The lowest BCUT2D eigenvalue weighted by molar-refractivity contribution is -0.116. The number of para-hydroxylation sites is 1. The SMILES string of the molecule is CC[C@@H](CC(=O)Nc1ccccc1)c1nnn(C)c1C. The molecule has 5 nitrogen and oxygen atoms in total. The van der Waals surface area contributed by atoms with Gasteiger partial charge in [-0.05, 0) is 25.5 Å². The summed E-state index contributed by atoms with van der Waals surface area (Å²) in [4.78, 5) is 12.1. The number of aromatic nitrogens is 3. The highest BCUT2D eigenvalue weighted by Crippen LogP contribution is 2.24. The summed E-state index contributed by atoms with van der Waals surface area (Å²) >= 11 is 0. The minimum atomic E-state index is 0.00750. The zero-order valence-electron chi connectivity index (χ0n) is 12.1. The van der Waals surface area contributed by atoms with E-state index >= 15 is 0 Å². The number of benzene rings is 1. The van der Waals surface area contributed by atoms with E-state index in [-0.39, 0.29) is 11.8 Å². The molecule has 0 aliphatic rings. The fourth-order valence-corrected chi connectivity index (χ4v) is 2.19. The maximum Gasteiger partial charge on any atom is 0.225 e. The van der Waals surface area contributed by atoms with Crippen LogP contribution < -0.4 is 5.32 Å². The van der Waals surface area contributed by atoms with E-state index in [1.165, 1.54) is 0 Å². The zero-order valence-corrected chi connectivity index (χ0v) is 12.1. The molecular formula is C15H20N4O. The van der Waals surface area contributed by atoms with Crippen LogP contribution in [0.1, 0.15) is 37.1 Å². The monoisotopic (exact) mass is 272 g/mol. The Morgan fingerprint density at radius 2 is 2.05 bits per heavy atom. The van der Waals surface area contributed by atoms with Gasteiger partial charge in [-0.2, -0.15) is 0 Å². The summed E-state index contributed by atoms with van der Waals surface area (Å²) in [6.07, 6.45) is 1.28. The predicted octanol–water partition coefficient (Wildman–Crippen LogP) is 2.65. The summed E-state index contributed by atoms with van der Waals surface area (Å²) < 4.78 is 1.74. The number of nitrogens with one attached hydrogen (secondary N) is 1. The van der Waals surface area contributed by atoms with Crippen LogP contribution in [0.4, 0.5) is 5.69 Å². The van der Waals surface area contributed by atoms with Crippen LogP contribution in [0.15, 0.2) is 30.3 Å². The lowest BCUT2D eigenvalue weighted by atomic mass is 9.96. The van der Waals surface area contributed by atoms with E-state index in [2.05, 4.69) is 22.6 Å². The Bertz CT molecular complexity index is 577. The number of aryl methyl sites for hydroxylation is 1. The van der Waals surface area contributed by atoms with Gasteiger partial charge in [0.1, 0.15) is 0 Å². The molecule has 0 saturated heterocycles. The second-order valence-electron chi connectivity index (χ2n) is 4.91. The molecule has 1 heterocycles. The highest BCUT2D eigenvalue weighted by Gasteiger charge is 2.20. The highest BCUT2D eigenvalue weighted by molar-refractivity contribution is 5.91. The van der Waals surface area contributed by atoms with Gasteiger partial charge in [0.25, 0.3) is 0 Å². The lowest BCUT2D eigenvalue weighted by Crippen LogP contribution is -2.16. The largest absolute Gasteiger partial charge is 0.326 e. The molecule has 0 radical (unpaired) electrons. The van der Waals surface area contributed by atoms with E-state index in [9.17, 15) is 4.79 Å². The zero-order chi connectivity index (χ0) is 14.5. The van der Waals surface area contributed by atoms with Crippen LogP contribution in [0.25, 0.3) is 0 Å². The molecule has 1 N–H and O–H groups in total. The minimum absolute atomic E-state index is 0.00750. The number of hydrogen-bond acceptors (Lipinski definition) is 3. The Kier molecular flexibility index (Phi) is 4.50. The molecule has 20 heavy (non-hydrogen) atoms. The van der Waals surface area contributed by atoms with E-state index < -0.39 is 0 Å². The van der Waals surface area contributed by atoms with Crippen molar-refractivity contribution in [3.05, 3.63) is 41.7 Å². The van der Waals surface area contributed by atoms with Crippen LogP contribution in [0.3, 0.4) is 0 Å². The molecule has 0 unspecified atom stereocenters. The molecule has 1 aromatic heterocycles. The van der Waals surface area contributed by atoms with Crippen LogP contribution in [0.5, 0.6) is 0 Å². The van der Waals surface area contributed by atoms with Crippen LogP contribution in [-0.2, 0) is 11.8 Å². The van der Waals surface area contributed by atoms with Crippen LogP contribution in [-0.4, -0.2) is 20.9 Å². The first kappa shape index (κ1) is 14.2. The van der Waals surface area contributed by atoms with Gasteiger partial charge in [-0.3, -0.25) is 9.48 Å². The normalized spacial score (nSPS) is 12.2. The van der Waals surface area contributed by atoms with Crippen molar-refractivity contribution in [2.24, 2.45) is 7.05 Å². The molecule has 1 aromatic carbocycles. The van der Waals surface area contributed by atoms with Gasteiger partial charge in [0.05, 0.1) is 11.4 Å². The second kappa shape index (κ2) is 6.32. The average Bonchev–Trinajstić information content (AvgIpc) is 2.78. The standard InChI is InChI=1S/C15H20N4O/c1-4-12(15-11(2)19(3)18-17-15)10-14(20)16-13-8-6-5-7-9-13/h5-9,12H,4,10H2,1-3H3,(H,16,20)/t12-/m0/s1. The molecule has 2 aromatic rings. The molecule has 2 rings (SSSR count). The fourth-order valence-electron chi connectivity index (χ4n) is 2.19. The number of rotatable bonds is 5. The number of amides is 1. The van der Waals surface area contributed by atoms with Crippen LogP contribution in [0.2, 0.25) is 0 Å². The number of hydrogen-bond donors (Lipinski definition) is 1. The van der Waals surface area contributed by atoms with Gasteiger partial charge >= 0.3 is 0 Å². The molecular weight excluding hydrogens is 252 g/mol. The first-order chi connectivity index (χ1) is 9.61. The number of carbonyl (C=O) groups is 1.